The smallest absolute Gasteiger partial charge is 0.321 e. The zero-order valence-corrected chi connectivity index (χ0v) is 14.5. The molecule has 0 aromatic heterocycles. The predicted molar refractivity (Wildman–Crippen MR) is 88.2 cm³/mol. The summed E-state index contributed by atoms with van der Waals surface area (Å²) in [6.07, 6.45) is 0. The lowest BCUT2D eigenvalue weighted by molar-refractivity contribution is -0.120. The Balaban J connectivity index is 2.04. The van der Waals surface area contributed by atoms with Gasteiger partial charge in [0, 0.05) is 6.54 Å². The quantitative estimate of drug-likeness (QED) is 0.791. The van der Waals surface area contributed by atoms with Gasteiger partial charge in [-0.3, -0.25) is 24.6 Å². The molecule has 7 nitrogen and oxygen atoms in total. The molecular weight excluding hydrogens is 357 g/mol. The van der Waals surface area contributed by atoms with Crippen molar-refractivity contribution in [3.8, 4) is 0 Å². The Labute approximate surface area is 148 Å². The van der Waals surface area contributed by atoms with Gasteiger partial charge in [-0.15, -0.1) is 0 Å². The van der Waals surface area contributed by atoms with Crippen molar-refractivity contribution in [2.45, 2.75) is 13.8 Å². The van der Waals surface area contributed by atoms with Crippen molar-refractivity contribution < 1.29 is 19.2 Å². The summed E-state index contributed by atoms with van der Waals surface area (Å²) in [4.78, 5) is 48.6. The highest BCUT2D eigenvalue weighted by Crippen LogP contribution is 2.31. The fourth-order valence-electron chi connectivity index (χ4n) is 2.08. The number of amides is 5. The van der Waals surface area contributed by atoms with Gasteiger partial charge in [-0.05, 0) is 18.1 Å². The van der Waals surface area contributed by atoms with Crippen molar-refractivity contribution in [3.63, 3.8) is 0 Å². The van der Waals surface area contributed by atoms with Crippen LogP contribution in [0.3, 0.4) is 0 Å². The van der Waals surface area contributed by atoms with E-state index in [9.17, 15) is 19.2 Å². The summed E-state index contributed by atoms with van der Waals surface area (Å²) in [5.74, 6) is -1.88. The molecule has 24 heavy (non-hydrogen) atoms. The van der Waals surface area contributed by atoms with Crippen LogP contribution in [0.2, 0.25) is 10.0 Å². The Kier molecular flexibility index (Phi) is 5.46. The van der Waals surface area contributed by atoms with E-state index in [1.54, 1.807) is 0 Å². The Bertz CT molecular complexity index is 693. The second-order valence-corrected chi connectivity index (χ2v) is 6.47. The molecule has 1 aromatic carbocycles. The van der Waals surface area contributed by atoms with Crippen molar-refractivity contribution in [2.75, 3.05) is 13.1 Å². The Morgan fingerprint density at radius 2 is 1.58 bits per heavy atom. The van der Waals surface area contributed by atoms with Gasteiger partial charge >= 0.3 is 6.03 Å². The number of urea groups is 1. The summed E-state index contributed by atoms with van der Waals surface area (Å²) in [7, 11) is 0. The first-order valence-corrected chi connectivity index (χ1v) is 7.89. The minimum absolute atomic E-state index is 0.0754. The van der Waals surface area contributed by atoms with Crippen molar-refractivity contribution in [2.24, 2.45) is 5.92 Å². The van der Waals surface area contributed by atoms with Gasteiger partial charge in [-0.25, -0.2) is 4.79 Å². The maximum absolute atomic E-state index is 12.2. The van der Waals surface area contributed by atoms with E-state index in [0.717, 1.165) is 4.90 Å². The largest absolute Gasteiger partial charge is 0.338 e. The summed E-state index contributed by atoms with van der Waals surface area (Å²) >= 11 is 11.7. The Morgan fingerprint density at radius 3 is 2.04 bits per heavy atom. The highest BCUT2D eigenvalue weighted by Gasteiger charge is 2.37. The van der Waals surface area contributed by atoms with Gasteiger partial charge in [-0.1, -0.05) is 37.0 Å². The monoisotopic (exact) mass is 371 g/mol. The fourth-order valence-corrected chi connectivity index (χ4v) is 2.41. The fraction of sp³-hybridized carbons (Fsp3) is 0.333. The molecule has 0 bridgehead atoms. The number of hydrogen-bond donors (Lipinski definition) is 2. The summed E-state index contributed by atoms with van der Waals surface area (Å²) in [6.45, 7) is 3.62. The van der Waals surface area contributed by atoms with E-state index < -0.39 is 30.3 Å². The van der Waals surface area contributed by atoms with Crippen molar-refractivity contribution in [1.29, 1.82) is 0 Å². The minimum Gasteiger partial charge on any atom is -0.338 e. The lowest BCUT2D eigenvalue weighted by Gasteiger charge is -2.13. The molecule has 1 aromatic rings. The molecule has 5 amide bonds. The van der Waals surface area contributed by atoms with Crippen LogP contribution in [0.4, 0.5) is 4.79 Å². The Morgan fingerprint density at radius 1 is 1.08 bits per heavy atom. The number of fused-ring (bicyclic) bond motifs is 1. The van der Waals surface area contributed by atoms with Crippen molar-refractivity contribution in [1.82, 2.24) is 15.5 Å². The molecule has 1 aliphatic rings. The highest BCUT2D eigenvalue weighted by atomic mass is 35.5. The van der Waals surface area contributed by atoms with E-state index in [1.807, 2.05) is 13.8 Å². The lowest BCUT2D eigenvalue weighted by Crippen LogP contribution is -2.46. The third kappa shape index (κ3) is 3.85. The highest BCUT2D eigenvalue weighted by molar-refractivity contribution is 6.43. The molecule has 1 heterocycles. The molecule has 0 saturated carbocycles. The number of rotatable bonds is 4. The number of carbonyl (C=O) groups is 4. The number of nitrogens with one attached hydrogen (secondary N) is 2. The number of imide groups is 2. The van der Waals surface area contributed by atoms with E-state index in [2.05, 4.69) is 10.6 Å². The minimum atomic E-state index is -0.775. The first-order chi connectivity index (χ1) is 11.2. The second-order valence-electron chi connectivity index (χ2n) is 5.66. The molecule has 0 saturated heterocycles. The normalized spacial score (nSPS) is 13.3. The van der Waals surface area contributed by atoms with Crippen LogP contribution in [-0.2, 0) is 4.79 Å². The summed E-state index contributed by atoms with van der Waals surface area (Å²) in [5, 5.41) is 4.83. The number of nitrogens with zero attached hydrogens (tertiary/aromatic N) is 1. The number of halogens is 2. The van der Waals surface area contributed by atoms with E-state index in [4.69, 9.17) is 23.2 Å². The molecular formula is C15H15Cl2N3O4. The third-order valence-electron chi connectivity index (χ3n) is 3.24. The Hall–Kier alpha value is -2.12. The average molecular weight is 372 g/mol. The third-order valence-corrected chi connectivity index (χ3v) is 3.96. The molecule has 0 fully saturated rings. The molecule has 2 rings (SSSR count). The van der Waals surface area contributed by atoms with Gasteiger partial charge in [0.25, 0.3) is 11.8 Å². The maximum Gasteiger partial charge on any atom is 0.321 e. The van der Waals surface area contributed by atoms with Crippen molar-refractivity contribution in [3.05, 3.63) is 33.3 Å². The van der Waals surface area contributed by atoms with Crippen molar-refractivity contribution >= 4 is 47.0 Å². The van der Waals surface area contributed by atoms with Crippen LogP contribution in [0.15, 0.2) is 12.1 Å². The van der Waals surface area contributed by atoms with Gasteiger partial charge < -0.3 is 5.32 Å². The molecule has 0 atom stereocenters. The van der Waals surface area contributed by atoms with Crippen LogP contribution >= 0.6 is 23.2 Å². The van der Waals surface area contributed by atoms with Crippen LogP contribution in [0.25, 0.3) is 0 Å². The predicted octanol–water partition coefficient (Wildman–Crippen LogP) is 2.07. The van der Waals surface area contributed by atoms with Gasteiger partial charge in [-0.2, -0.15) is 0 Å². The first-order valence-electron chi connectivity index (χ1n) is 7.13. The second kappa shape index (κ2) is 7.19. The lowest BCUT2D eigenvalue weighted by atomic mass is 10.1. The standard InChI is InChI=1S/C15H15Cl2N3O4/c1-7(2)5-18-15(24)19-12(21)6-20-13(22)8-3-10(16)11(17)4-9(8)14(20)23/h3-4,7H,5-6H2,1-2H3,(H2,18,19,21,24). The molecule has 0 aliphatic carbocycles. The topological polar surface area (TPSA) is 95.6 Å². The molecule has 1 aliphatic heterocycles. The number of carbonyl (C=O) groups excluding carboxylic acids is 4. The SMILES string of the molecule is CC(C)CNC(=O)NC(=O)CN1C(=O)c2cc(Cl)c(Cl)cc2C1=O. The number of benzene rings is 1. The zero-order valence-electron chi connectivity index (χ0n) is 13.0. The van der Waals surface area contributed by atoms with Gasteiger partial charge in [0.15, 0.2) is 0 Å². The first kappa shape index (κ1) is 18.2. The molecule has 0 spiro atoms. The number of hydrogen-bond acceptors (Lipinski definition) is 4. The van der Waals surface area contributed by atoms with Crippen LogP contribution in [0, 0.1) is 5.92 Å². The van der Waals surface area contributed by atoms with Gasteiger partial charge in [0.1, 0.15) is 6.54 Å². The van der Waals surface area contributed by atoms with Crippen LogP contribution in [0.1, 0.15) is 34.6 Å². The molecule has 0 radical (unpaired) electrons. The van der Waals surface area contributed by atoms with E-state index in [0.29, 0.717) is 6.54 Å². The van der Waals surface area contributed by atoms with E-state index in [-0.39, 0.29) is 27.1 Å². The van der Waals surface area contributed by atoms with Gasteiger partial charge in [0.05, 0.1) is 21.2 Å². The molecule has 2 N–H and O–H groups in total. The molecule has 0 unspecified atom stereocenters. The average Bonchev–Trinajstić information content (AvgIpc) is 2.71. The van der Waals surface area contributed by atoms with Crippen LogP contribution < -0.4 is 10.6 Å². The van der Waals surface area contributed by atoms with Crippen LogP contribution in [-0.4, -0.2) is 41.7 Å². The summed E-state index contributed by atoms with van der Waals surface area (Å²) in [6, 6.07) is 1.88. The summed E-state index contributed by atoms with van der Waals surface area (Å²) < 4.78 is 0. The van der Waals surface area contributed by atoms with E-state index >= 15 is 0 Å². The van der Waals surface area contributed by atoms with Gasteiger partial charge in [0.2, 0.25) is 5.91 Å². The zero-order chi connectivity index (χ0) is 18.0. The van der Waals surface area contributed by atoms with E-state index in [1.165, 1.54) is 12.1 Å². The van der Waals surface area contributed by atoms with Crippen LogP contribution in [0.5, 0.6) is 0 Å². The maximum atomic E-state index is 12.2. The summed E-state index contributed by atoms with van der Waals surface area (Å²) in [5.41, 5.74) is 0.151. The molecule has 9 heteroatoms. The molecule has 128 valence electrons.